The van der Waals surface area contributed by atoms with E-state index < -0.39 is 11.6 Å². The van der Waals surface area contributed by atoms with Crippen molar-refractivity contribution in [2.75, 3.05) is 18.4 Å². The predicted molar refractivity (Wildman–Crippen MR) is 124 cm³/mol. The number of hydrogen-bond acceptors (Lipinski definition) is 3. The van der Waals surface area contributed by atoms with E-state index in [2.05, 4.69) is 10.6 Å². The van der Waals surface area contributed by atoms with Crippen LogP contribution in [0.2, 0.25) is 0 Å². The fourth-order valence-electron chi connectivity index (χ4n) is 3.67. The molecule has 168 valence electrons. The Morgan fingerprint density at radius 3 is 2.47 bits per heavy atom. The molecule has 0 aromatic heterocycles. The highest BCUT2D eigenvalue weighted by atomic mass is 35.5. The molecule has 32 heavy (non-hydrogen) atoms. The number of anilines is 1. The van der Waals surface area contributed by atoms with Gasteiger partial charge in [-0.2, -0.15) is 0 Å². The van der Waals surface area contributed by atoms with Gasteiger partial charge < -0.3 is 15.4 Å². The van der Waals surface area contributed by atoms with Gasteiger partial charge in [0.1, 0.15) is 12.4 Å². The highest BCUT2D eigenvalue weighted by molar-refractivity contribution is 5.92. The van der Waals surface area contributed by atoms with E-state index in [0.29, 0.717) is 23.6 Å². The zero-order valence-electron chi connectivity index (χ0n) is 17.4. The van der Waals surface area contributed by atoms with E-state index in [1.165, 1.54) is 6.07 Å². The van der Waals surface area contributed by atoms with Crippen LogP contribution in [0, 0.1) is 17.6 Å². The summed E-state index contributed by atoms with van der Waals surface area (Å²) in [5.74, 6) is -0.999. The monoisotopic (exact) mass is 458 g/mol. The van der Waals surface area contributed by atoms with Crippen LogP contribution in [0.5, 0.6) is 5.75 Å². The van der Waals surface area contributed by atoms with E-state index in [9.17, 15) is 13.6 Å². The van der Waals surface area contributed by atoms with Crippen molar-refractivity contribution in [2.24, 2.45) is 5.92 Å². The summed E-state index contributed by atoms with van der Waals surface area (Å²) in [7, 11) is 0. The third-order valence-corrected chi connectivity index (χ3v) is 5.43. The molecular weight excluding hydrogens is 434 g/mol. The van der Waals surface area contributed by atoms with Gasteiger partial charge in [-0.1, -0.05) is 42.5 Å². The minimum atomic E-state index is -0.864. The summed E-state index contributed by atoms with van der Waals surface area (Å²) in [6, 6.07) is 18.6. The van der Waals surface area contributed by atoms with E-state index in [0.717, 1.165) is 37.6 Å². The van der Waals surface area contributed by atoms with Crippen LogP contribution >= 0.6 is 12.4 Å². The van der Waals surface area contributed by atoms with Crippen LogP contribution in [-0.2, 0) is 11.4 Å². The Labute approximate surface area is 192 Å². The van der Waals surface area contributed by atoms with E-state index in [1.807, 2.05) is 30.3 Å². The van der Waals surface area contributed by atoms with Gasteiger partial charge in [0, 0.05) is 23.2 Å². The van der Waals surface area contributed by atoms with Gasteiger partial charge in [0.25, 0.3) is 0 Å². The highest BCUT2D eigenvalue weighted by Crippen LogP contribution is 2.25. The lowest BCUT2D eigenvalue weighted by atomic mass is 9.97. The molecule has 0 radical (unpaired) electrons. The molecule has 1 amide bonds. The average Bonchev–Trinajstić information content (AvgIpc) is 2.81. The summed E-state index contributed by atoms with van der Waals surface area (Å²) in [6.07, 6.45) is 1.69. The van der Waals surface area contributed by atoms with Crippen molar-refractivity contribution in [2.45, 2.75) is 19.4 Å². The standard InChI is InChI=1S/C25H24F2N2O2.ClH/c26-23-6-2-5-22(24(23)27)18-9-7-17(8-10-18)16-31-21-4-1-3-20(15-21)29-25(30)19-11-13-28-14-12-19;/h1-10,15,19,28H,11-14,16H2,(H,29,30);1H. The molecule has 0 bridgehead atoms. The van der Waals surface area contributed by atoms with Crippen LogP contribution in [0.3, 0.4) is 0 Å². The number of benzene rings is 3. The van der Waals surface area contributed by atoms with Crippen LogP contribution < -0.4 is 15.4 Å². The molecule has 0 spiro atoms. The SMILES string of the molecule is Cl.O=C(Nc1cccc(OCc2ccc(-c3cccc(F)c3F)cc2)c1)C1CCNCC1. The Morgan fingerprint density at radius 2 is 1.72 bits per heavy atom. The van der Waals surface area contributed by atoms with Crippen LogP contribution in [0.4, 0.5) is 14.5 Å². The summed E-state index contributed by atoms with van der Waals surface area (Å²) < 4.78 is 33.3. The molecule has 1 fully saturated rings. The molecule has 0 unspecified atom stereocenters. The van der Waals surface area contributed by atoms with Crippen LogP contribution in [0.15, 0.2) is 66.7 Å². The van der Waals surface area contributed by atoms with Crippen LogP contribution in [0.1, 0.15) is 18.4 Å². The van der Waals surface area contributed by atoms with Crippen molar-refractivity contribution < 1.29 is 18.3 Å². The van der Waals surface area contributed by atoms with Gasteiger partial charge in [-0.15, -0.1) is 12.4 Å². The number of halogens is 3. The Kier molecular flexibility index (Phi) is 8.20. The normalized spacial score (nSPS) is 13.8. The maximum Gasteiger partial charge on any atom is 0.227 e. The highest BCUT2D eigenvalue weighted by Gasteiger charge is 2.20. The fourth-order valence-corrected chi connectivity index (χ4v) is 3.67. The van der Waals surface area contributed by atoms with Crippen molar-refractivity contribution in [3.63, 3.8) is 0 Å². The summed E-state index contributed by atoms with van der Waals surface area (Å²) in [5, 5.41) is 6.23. The summed E-state index contributed by atoms with van der Waals surface area (Å²) in [6.45, 7) is 2.05. The van der Waals surface area contributed by atoms with Crippen molar-refractivity contribution in [3.05, 3.63) is 83.9 Å². The molecule has 1 aliphatic rings. The molecule has 0 aliphatic carbocycles. The Balaban J connectivity index is 0.00000289. The second kappa shape index (κ2) is 11.1. The molecule has 3 aromatic rings. The number of carbonyl (C=O) groups excluding carboxylic acids is 1. The van der Waals surface area contributed by atoms with Crippen LogP contribution in [0.25, 0.3) is 11.1 Å². The van der Waals surface area contributed by atoms with Gasteiger partial charge in [-0.3, -0.25) is 4.79 Å². The van der Waals surface area contributed by atoms with Gasteiger partial charge >= 0.3 is 0 Å². The summed E-state index contributed by atoms with van der Waals surface area (Å²) >= 11 is 0. The molecule has 0 atom stereocenters. The van der Waals surface area contributed by atoms with E-state index >= 15 is 0 Å². The van der Waals surface area contributed by atoms with Gasteiger partial charge in [0.15, 0.2) is 11.6 Å². The zero-order chi connectivity index (χ0) is 21.6. The fraction of sp³-hybridized carbons (Fsp3) is 0.240. The van der Waals surface area contributed by atoms with Crippen molar-refractivity contribution in [1.82, 2.24) is 5.32 Å². The van der Waals surface area contributed by atoms with Gasteiger partial charge in [0.2, 0.25) is 5.91 Å². The number of piperidine rings is 1. The number of nitrogens with one attached hydrogen (secondary N) is 2. The lowest BCUT2D eigenvalue weighted by Crippen LogP contribution is -2.34. The molecule has 7 heteroatoms. The number of hydrogen-bond donors (Lipinski definition) is 2. The molecule has 4 rings (SSSR count). The molecule has 4 nitrogen and oxygen atoms in total. The lowest BCUT2D eigenvalue weighted by Gasteiger charge is -2.21. The Morgan fingerprint density at radius 1 is 1.00 bits per heavy atom. The maximum atomic E-state index is 14.0. The summed E-state index contributed by atoms with van der Waals surface area (Å²) in [4.78, 5) is 12.4. The Hall–Kier alpha value is -2.96. The Bertz CT molecular complexity index is 1050. The maximum absolute atomic E-state index is 14.0. The van der Waals surface area contributed by atoms with Gasteiger partial charge in [-0.05, 0) is 55.3 Å². The first kappa shape index (κ1) is 23.7. The topological polar surface area (TPSA) is 50.4 Å². The van der Waals surface area contributed by atoms with Crippen LogP contribution in [-0.4, -0.2) is 19.0 Å². The molecule has 1 heterocycles. The average molecular weight is 459 g/mol. The first-order valence-electron chi connectivity index (χ1n) is 10.4. The minimum Gasteiger partial charge on any atom is -0.489 e. The number of amides is 1. The molecule has 2 N–H and O–H groups in total. The van der Waals surface area contributed by atoms with Crippen molar-refractivity contribution in [1.29, 1.82) is 0 Å². The predicted octanol–water partition coefficient (Wildman–Crippen LogP) is 5.57. The summed E-state index contributed by atoms with van der Waals surface area (Å²) in [5.41, 5.74) is 2.43. The molecule has 3 aromatic carbocycles. The lowest BCUT2D eigenvalue weighted by molar-refractivity contribution is -0.120. The third kappa shape index (κ3) is 5.84. The first-order valence-corrected chi connectivity index (χ1v) is 10.4. The van der Waals surface area contributed by atoms with Crippen molar-refractivity contribution >= 4 is 24.0 Å². The number of ether oxygens (including phenoxy) is 1. The first-order chi connectivity index (χ1) is 15.1. The second-order valence-electron chi connectivity index (χ2n) is 7.63. The molecular formula is C25H25ClF2N2O2. The van der Waals surface area contributed by atoms with Gasteiger partial charge in [0.05, 0.1) is 0 Å². The quantitative estimate of drug-likeness (QED) is 0.507. The smallest absolute Gasteiger partial charge is 0.227 e. The number of rotatable bonds is 6. The molecule has 0 saturated carbocycles. The largest absolute Gasteiger partial charge is 0.489 e. The minimum absolute atomic E-state index is 0. The second-order valence-corrected chi connectivity index (χ2v) is 7.63. The van der Waals surface area contributed by atoms with E-state index in [1.54, 1.807) is 24.3 Å². The molecule has 1 saturated heterocycles. The zero-order valence-corrected chi connectivity index (χ0v) is 18.3. The molecule has 1 aliphatic heterocycles. The van der Waals surface area contributed by atoms with E-state index in [4.69, 9.17) is 4.74 Å². The number of carbonyl (C=O) groups is 1. The van der Waals surface area contributed by atoms with Gasteiger partial charge in [-0.25, -0.2) is 8.78 Å². The van der Waals surface area contributed by atoms with E-state index in [-0.39, 0.29) is 29.8 Å². The third-order valence-electron chi connectivity index (χ3n) is 5.43. The van der Waals surface area contributed by atoms with Crippen molar-refractivity contribution in [3.8, 4) is 16.9 Å².